The number of aliphatic hydroxyl groups is 2. The van der Waals surface area contributed by atoms with E-state index in [4.69, 9.17) is 32.4 Å². The SMILES string of the molecule is CCCC[C@H](NC(=O)[C@H](CN(CC(=O)O)CC(=O)O)NC(=O)[C@H](Cc1cnc[nH]1)NC(=O)[C@H](CCC(N)=O)NC(=O)[C@H](CO)NC(=O)CNC(=O)COCCOCCNC(=O)CCCCCCCCCCCCCCCc1nnn[nH]1)C(=O)N[C@H]1CCC(=O)NCCCC[C@@H](C(N)=O)NC(=O)[C@H](Cc2c[nH]c3ccccc23)NC(=O)[C@H](CCCNC(N)N)NC(=O)[C@@H](Cc2ccccc2)NC(=O)C2C[C@@H](O)CN2C1=O. The number of para-hydroxylation sites is 1. The largest absolute Gasteiger partial charge is 0.480 e. The first-order valence-corrected chi connectivity index (χ1v) is 49.5. The molecule has 16 amide bonds. The summed E-state index contributed by atoms with van der Waals surface area (Å²) < 4.78 is 10.8. The van der Waals surface area contributed by atoms with Crippen molar-refractivity contribution in [2.24, 2.45) is 22.9 Å². The van der Waals surface area contributed by atoms with Crippen molar-refractivity contribution in [1.29, 1.82) is 0 Å². The van der Waals surface area contributed by atoms with Crippen LogP contribution in [0.2, 0.25) is 0 Å². The molecule has 12 atom stereocenters. The van der Waals surface area contributed by atoms with E-state index in [1.807, 2.05) is 0 Å². The lowest BCUT2D eigenvalue weighted by molar-refractivity contribution is -0.144. The Balaban J connectivity index is 1.02. The summed E-state index contributed by atoms with van der Waals surface area (Å²) in [6.45, 7) is -3.92. The fourth-order valence-electron chi connectivity index (χ4n) is 16.5. The lowest BCUT2D eigenvalue weighted by Crippen LogP contribution is -2.62. The number of aromatic amines is 3. The number of rotatable bonds is 62. The van der Waals surface area contributed by atoms with Crippen LogP contribution in [0, 0.1) is 0 Å². The zero-order chi connectivity index (χ0) is 105. The van der Waals surface area contributed by atoms with Crippen LogP contribution in [0.5, 0.6) is 0 Å². The van der Waals surface area contributed by atoms with Gasteiger partial charge in [0.25, 0.3) is 0 Å². The molecule has 145 heavy (non-hydrogen) atoms. The second-order valence-electron chi connectivity index (χ2n) is 36.0. The van der Waals surface area contributed by atoms with Crippen LogP contribution in [0.3, 0.4) is 0 Å². The summed E-state index contributed by atoms with van der Waals surface area (Å²) in [6.07, 6.45) is 14.3. The number of benzene rings is 2. The van der Waals surface area contributed by atoms with Crippen LogP contribution in [-0.4, -0.2) is 337 Å². The monoisotopic (exact) mass is 2040 g/mol. The third-order valence-electron chi connectivity index (χ3n) is 24.2. The first-order valence-electron chi connectivity index (χ1n) is 49.5. The fraction of sp³-hybridized carbons (Fsp3) is 0.617. The minimum atomic E-state index is -2.10. The number of aromatic nitrogens is 7. The third kappa shape index (κ3) is 45.5. The van der Waals surface area contributed by atoms with Crippen molar-refractivity contribution in [2.75, 3.05) is 85.4 Å². The second kappa shape index (κ2) is 65.6. The maximum absolute atomic E-state index is 15.5. The molecule has 5 heterocycles. The summed E-state index contributed by atoms with van der Waals surface area (Å²) in [5.41, 5.74) is 24.9. The number of hydrogen-bond acceptors (Lipinski definition) is 30. The van der Waals surface area contributed by atoms with E-state index in [-0.39, 0.29) is 109 Å². The van der Waals surface area contributed by atoms with Crippen molar-refractivity contribution in [3.63, 3.8) is 0 Å². The van der Waals surface area contributed by atoms with Gasteiger partial charge < -0.3 is 137 Å². The Hall–Kier alpha value is -13.6. The van der Waals surface area contributed by atoms with Crippen LogP contribution >= 0.6 is 0 Å². The maximum Gasteiger partial charge on any atom is 0.317 e. The predicted molar refractivity (Wildman–Crippen MR) is 521 cm³/mol. The summed E-state index contributed by atoms with van der Waals surface area (Å²) in [4.78, 5) is 263. The number of amides is 16. The van der Waals surface area contributed by atoms with Crippen molar-refractivity contribution in [3.05, 3.63) is 96.0 Å². The molecule has 7 rings (SSSR count). The molecule has 0 bridgehead atoms. The quantitative estimate of drug-likeness (QED) is 0.0128. The van der Waals surface area contributed by atoms with Gasteiger partial charge in [0.15, 0.2) is 0 Å². The smallest absolute Gasteiger partial charge is 0.317 e. The molecule has 0 spiro atoms. The number of aliphatic carboxylic acids is 2. The Morgan fingerprint density at radius 1 is 0.600 bits per heavy atom. The summed E-state index contributed by atoms with van der Waals surface area (Å²) in [5, 5.41) is 92.5. The third-order valence-corrected chi connectivity index (χ3v) is 24.2. The molecule has 800 valence electrons. The molecule has 2 saturated heterocycles. The number of aryl methyl sites for hydroxylation is 1. The number of tetrazole rings is 1. The van der Waals surface area contributed by atoms with Crippen LogP contribution in [0.25, 0.3) is 10.9 Å². The number of nitrogens with zero attached hydrogens (tertiary/aromatic N) is 6. The van der Waals surface area contributed by atoms with Crippen LogP contribution in [0.4, 0.5) is 0 Å². The van der Waals surface area contributed by atoms with Gasteiger partial charge in [-0.25, -0.2) is 10.1 Å². The van der Waals surface area contributed by atoms with Crippen molar-refractivity contribution in [3.8, 4) is 0 Å². The summed E-state index contributed by atoms with van der Waals surface area (Å²) in [5.74, 6) is -17.9. The highest BCUT2D eigenvalue weighted by Gasteiger charge is 2.45. The Labute approximate surface area is 838 Å². The maximum atomic E-state index is 15.5. The van der Waals surface area contributed by atoms with Gasteiger partial charge in [-0.15, -0.1) is 5.10 Å². The lowest BCUT2D eigenvalue weighted by Gasteiger charge is -2.31. The van der Waals surface area contributed by atoms with Crippen molar-refractivity contribution >= 4 is 117 Å². The zero-order valence-corrected chi connectivity index (χ0v) is 82.0. The molecule has 0 saturated carbocycles. The molecule has 51 nitrogen and oxygen atoms in total. The number of aliphatic hydroxyl groups excluding tert-OH is 2. The number of unbranched alkanes of at least 4 members (excludes halogenated alkanes) is 13. The van der Waals surface area contributed by atoms with E-state index >= 15 is 28.8 Å². The number of ether oxygens (including phenoxy) is 2. The van der Waals surface area contributed by atoms with Gasteiger partial charge in [0.1, 0.15) is 85.2 Å². The number of carbonyl (C=O) groups excluding carboxylic acids is 16. The summed E-state index contributed by atoms with van der Waals surface area (Å²) >= 11 is 0. The molecule has 0 radical (unpaired) electrons. The average molecular weight is 2040 g/mol. The minimum absolute atomic E-state index is 0.0440. The number of nitrogens with one attached hydrogen (secondary N) is 17. The molecule has 2 fully saturated rings. The van der Waals surface area contributed by atoms with Crippen LogP contribution in [0.15, 0.2) is 73.3 Å². The number of nitrogens with two attached hydrogens (primary N) is 4. The van der Waals surface area contributed by atoms with Gasteiger partial charge in [-0.05, 0) is 98.4 Å². The Bertz CT molecular complexity index is 4920. The highest BCUT2D eigenvalue weighted by atomic mass is 16.5. The van der Waals surface area contributed by atoms with Gasteiger partial charge in [0.05, 0.1) is 58.5 Å². The molecule has 3 aromatic heterocycles. The van der Waals surface area contributed by atoms with E-state index in [1.54, 1.807) is 67.7 Å². The van der Waals surface area contributed by atoms with Crippen LogP contribution in [0.1, 0.15) is 203 Å². The Kier molecular flexibility index (Phi) is 53.6. The van der Waals surface area contributed by atoms with E-state index in [2.05, 4.69) is 110 Å². The molecule has 2 aromatic carbocycles. The number of primary amides is 2. The summed E-state index contributed by atoms with van der Waals surface area (Å²) in [7, 11) is 0. The molecular formula is C94H145N27O24. The van der Waals surface area contributed by atoms with Gasteiger partial charge in [0.2, 0.25) is 94.5 Å². The van der Waals surface area contributed by atoms with E-state index in [9.17, 15) is 78.0 Å². The van der Waals surface area contributed by atoms with E-state index in [1.165, 1.54) is 63.9 Å². The number of H-pyrrole nitrogens is 3. The van der Waals surface area contributed by atoms with Crippen molar-refractivity contribution < 1.29 is 116 Å². The molecule has 1 unspecified atom stereocenters. The molecule has 51 heteroatoms. The topological polar surface area (TPSA) is 785 Å². The highest BCUT2D eigenvalue weighted by molar-refractivity contribution is 6.01. The molecular weight excluding hydrogens is 1890 g/mol. The Morgan fingerprint density at radius 2 is 1.21 bits per heavy atom. The van der Waals surface area contributed by atoms with E-state index in [0.717, 1.165) is 54.1 Å². The number of carboxylic acid groups (broad SMARTS) is 2. The standard InChI is InChI=1S/C94H145N27O24/c1-2-3-28-65(84(134)111-68-35-37-78(126)100-38-23-22-30-64(83(96)133)107-88(138)70(45-59-48-103-63-29-21-20-27-62(59)63)112-85(135)66(31-24-39-102-94(97)98)108-87(137)69(44-58-25-16-15-17-26-58)114-92(142)74-47-61(123)51-121(74)93(68)143)109-90(140)72(52-120(53-81(129)130)54-82(131)132)115-89(139)71(46-60-49-99-57-105-60)113-86(136)67(34-36-75(95)124)110-91(141)73(55-122)106-79(127)50-104-80(128)56-145-43-42-144-41-40-101-77(125)33-19-14-12-10-8-6-4-5-7-9-11-13-18-32-76-116-118-119-117-76/h15-17,20-21,25-27,29,48-49,57,61,64-74,94,102-103,122-123H,2-14,18-19,22-24,28,30-47,50-56,97-98H2,1H3,(H2,95,124)(H2,96,133)(H,99,105)(H,100,126)(H,101,125)(H,104,128)(H,106,127)(H,107,138)(H,108,137)(H,109,140)(H,110,141)(H,111,134)(H,112,135)(H,113,136)(H,114,142)(H,115,139)(H,129,130)(H,131,132)(H,116,117,118,119)/t61-,64+,65+,66+,67+,68+,69-,70+,71+,72+,73+,74?/m1/s1. The number of carboxylic acids is 2. The highest BCUT2D eigenvalue weighted by Crippen LogP contribution is 2.25. The van der Waals surface area contributed by atoms with Crippen molar-refractivity contribution in [1.82, 2.24) is 120 Å². The number of carbonyl (C=O) groups is 18. The van der Waals surface area contributed by atoms with E-state index in [0.29, 0.717) is 34.9 Å². The van der Waals surface area contributed by atoms with Gasteiger partial charge in [-0.2, -0.15) is 0 Å². The number of hydrogen-bond donors (Lipinski definition) is 25. The summed E-state index contributed by atoms with van der Waals surface area (Å²) in [6, 6.07) is -3.23. The van der Waals surface area contributed by atoms with Crippen LogP contribution < -0.4 is 97.4 Å². The first kappa shape index (κ1) is 118. The zero-order valence-electron chi connectivity index (χ0n) is 82.0. The van der Waals surface area contributed by atoms with Gasteiger partial charge in [-0.3, -0.25) is 96.5 Å². The van der Waals surface area contributed by atoms with Crippen LogP contribution in [-0.2, 0) is 121 Å². The molecule has 0 aliphatic carbocycles. The Morgan fingerprint density at radius 3 is 1.87 bits per heavy atom. The van der Waals surface area contributed by atoms with Gasteiger partial charge >= 0.3 is 11.9 Å². The van der Waals surface area contributed by atoms with Crippen molar-refractivity contribution in [2.45, 2.75) is 285 Å². The average Bonchev–Trinajstić information content (AvgIpc) is 1.67. The van der Waals surface area contributed by atoms with Gasteiger partial charge in [-0.1, -0.05) is 139 Å². The molecule has 5 aromatic rings. The predicted octanol–water partition coefficient (Wildman–Crippen LogP) is -4.73. The van der Waals surface area contributed by atoms with Gasteiger partial charge in [0, 0.05) is 107 Å². The number of fused-ring (bicyclic) bond motifs is 2. The normalized spacial score (nSPS) is 18.4. The van der Waals surface area contributed by atoms with E-state index < -0.39 is 264 Å². The minimum Gasteiger partial charge on any atom is -0.480 e. The second-order valence-corrected chi connectivity index (χ2v) is 36.0. The number of imidazole rings is 1. The lowest BCUT2D eigenvalue weighted by atomic mass is 10.0. The molecule has 2 aliphatic heterocycles. The fourth-order valence-corrected chi connectivity index (χ4v) is 16.5. The first-order chi connectivity index (χ1) is 69.7. The molecule has 29 N–H and O–H groups in total. The molecule has 2 aliphatic rings.